The van der Waals surface area contributed by atoms with E-state index in [4.69, 9.17) is 23.2 Å². The highest BCUT2D eigenvalue weighted by atomic mass is 35.5. The fourth-order valence-electron chi connectivity index (χ4n) is 1.89. The lowest BCUT2D eigenvalue weighted by molar-refractivity contribution is 0.0939. The molecule has 19 heavy (non-hydrogen) atoms. The molecule has 0 atom stereocenters. The fourth-order valence-corrected chi connectivity index (χ4v) is 2.27. The van der Waals surface area contributed by atoms with Crippen molar-refractivity contribution in [1.29, 1.82) is 0 Å². The first kappa shape index (κ1) is 14.2. The minimum atomic E-state index is 0.00519. The molecule has 1 heterocycles. The van der Waals surface area contributed by atoms with E-state index in [1.807, 2.05) is 49.0 Å². The van der Waals surface area contributed by atoms with Crippen molar-refractivity contribution in [3.05, 3.63) is 57.8 Å². The molecule has 0 aliphatic rings. The average Bonchev–Trinajstić information content (AvgIpc) is 2.82. The van der Waals surface area contributed by atoms with Crippen molar-refractivity contribution in [2.24, 2.45) is 5.92 Å². The molecule has 0 bridgehead atoms. The molecule has 1 aromatic heterocycles. The van der Waals surface area contributed by atoms with Crippen LogP contribution < -0.4 is 0 Å². The quantitative estimate of drug-likeness (QED) is 0.751. The fraction of sp³-hybridized carbons (Fsp3) is 0.267. The summed E-state index contributed by atoms with van der Waals surface area (Å²) in [4.78, 5) is 11.9. The van der Waals surface area contributed by atoms with Crippen LogP contribution in [0.25, 0.3) is 0 Å². The Morgan fingerprint density at radius 2 is 2.00 bits per heavy atom. The summed E-state index contributed by atoms with van der Waals surface area (Å²) in [6, 6.07) is 7.39. The van der Waals surface area contributed by atoms with E-state index < -0.39 is 0 Å². The van der Waals surface area contributed by atoms with Gasteiger partial charge in [-0.25, -0.2) is 0 Å². The van der Waals surface area contributed by atoms with Crippen molar-refractivity contribution >= 4 is 29.0 Å². The predicted octanol–water partition coefficient (Wildman–Crippen LogP) is 4.68. The molecule has 0 amide bonds. The molecule has 0 unspecified atom stereocenters. The third-order valence-corrected chi connectivity index (χ3v) is 3.80. The molecular weight excluding hydrogens is 281 g/mol. The number of aromatic nitrogens is 1. The van der Waals surface area contributed by atoms with Crippen molar-refractivity contribution in [2.75, 3.05) is 0 Å². The van der Waals surface area contributed by atoms with Crippen molar-refractivity contribution in [1.82, 2.24) is 4.57 Å². The van der Waals surface area contributed by atoms with Crippen LogP contribution in [-0.2, 0) is 6.54 Å². The van der Waals surface area contributed by atoms with Gasteiger partial charge in [0, 0.05) is 30.4 Å². The molecule has 100 valence electrons. The number of rotatable bonds is 4. The number of Topliss-reactive ketones (excluding diaryl/α,β-unsaturated/α-hetero) is 1. The standard InChI is InChI=1S/C15H15Cl2NO/c1-10(2)15(19)12-6-7-18(9-12)8-11-4-3-5-13(16)14(11)17/h3-7,9-10H,8H2,1-2H3. The van der Waals surface area contributed by atoms with E-state index in [1.54, 1.807) is 6.07 Å². The van der Waals surface area contributed by atoms with Crippen LogP contribution in [-0.4, -0.2) is 10.4 Å². The first-order valence-corrected chi connectivity index (χ1v) is 6.87. The molecule has 0 radical (unpaired) electrons. The number of nitrogens with zero attached hydrogens (tertiary/aromatic N) is 1. The highest BCUT2D eigenvalue weighted by Gasteiger charge is 2.12. The van der Waals surface area contributed by atoms with E-state index in [2.05, 4.69) is 0 Å². The lowest BCUT2D eigenvalue weighted by Gasteiger charge is -2.07. The van der Waals surface area contributed by atoms with Gasteiger partial charge in [-0.1, -0.05) is 49.2 Å². The number of halogens is 2. The Morgan fingerprint density at radius 1 is 1.26 bits per heavy atom. The van der Waals surface area contributed by atoms with Gasteiger partial charge in [-0.3, -0.25) is 4.79 Å². The average molecular weight is 296 g/mol. The third-order valence-electron chi connectivity index (χ3n) is 2.94. The van der Waals surface area contributed by atoms with Gasteiger partial charge in [0.25, 0.3) is 0 Å². The molecule has 0 fully saturated rings. The summed E-state index contributed by atoms with van der Waals surface area (Å²) in [6.45, 7) is 4.39. The zero-order chi connectivity index (χ0) is 14.0. The Balaban J connectivity index is 2.21. The molecule has 0 saturated carbocycles. The summed E-state index contributed by atoms with van der Waals surface area (Å²) < 4.78 is 1.94. The number of benzene rings is 1. The Kier molecular flexibility index (Phi) is 4.33. The van der Waals surface area contributed by atoms with Crippen LogP contribution >= 0.6 is 23.2 Å². The molecular formula is C15H15Cl2NO. The second-order valence-electron chi connectivity index (χ2n) is 4.80. The van der Waals surface area contributed by atoms with E-state index in [0.717, 1.165) is 11.1 Å². The Bertz CT molecular complexity index is 602. The predicted molar refractivity (Wildman–Crippen MR) is 79.2 cm³/mol. The van der Waals surface area contributed by atoms with Crippen LogP contribution in [0.1, 0.15) is 29.8 Å². The summed E-state index contributed by atoms with van der Waals surface area (Å²) >= 11 is 12.1. The molecule has 4 heteroatoms. The number of carbonyl (C=O) groups is 1. The summed E-state index contributed by atoms with van der Waals surface area (Å²) in [6.07, 6.45) is 3.73. The SMILES string of the molecule is CC(C)C(=O)c1ccn(Cc2cccc(Cl)c2Cl)c1. The molecule has 2 nitrogen and oxygen atoms in total. The first-order valence-electron chi connectivity index (χ1n) is 6.12. The number of ketones is 1. The first-order chi connectivity index (χ1) is 8.99. The van der Waals surface area contributed by atoms with Crippen LogP contribution in [0.15, 0.2) is 36.7 Å². The molecule has 1 aromatic carbocycles. The lowest BCUT2D eigenvalue weighted by atomic mass is 10.0. The van der Waals surface area contributed by atoms with Crippen molar-refractivity contribution in [3.63, 3.8) is 0 Å². The van der Waals surface area contributed by atoms with Crippen LogP contribution in [0, 0.1) is 5.92 Å². The summed E-state index contributed by atoms with van der Waals surface area (Å²) in [5.41, 5.74) is 1.67. The van der Waals surface area contributed by atoms with E-state index >= 15 is 0 Å². The Morgan fingerprint density at radius 3 is 2.68 bits per heavy atom. The lowest BCUT2D eigenvalue weighted by Crippen LogP contribution is -2.06. The van der Waals surface area contributed by atoms with Gasteiger partial charge >= 0.3 is 0 Å². The molecule has 0 aliphatic carbocycles. The van der Waals surface area contributed by atoms with Gasteiger partial charge in [0.1, 0.15) is 0 Å². The highest BCUT2D eigenvalue weighted by molar-refractivity contribution is 6.42. The van der Waals surface area contributed by atoms with Crippen molar-refractivity contribution in [3.8, 4) is 0 Å². The number of hydrogen-bond donors (Lipinski definition) is 0. The second-order valence-corrected chi connectivity index (χ2v) is 5.59. The van der Waals surface area contributed by atoms with Crippen molar-refractivity contribution in [2.45, 2.75) is 20.4 Å². The minimum Gasteiger partial charge on any atom is -0.349 e. The van der Waals surface area contributed by atoms with Gasteiger partial charge in [-0.15, -0.1) is 0 Å². The van der Waals surface area contributed by atoms with Gasteiger partial charge in [-0.05, 0) is 17.7 Å². The minimum absolute atomic E-state index is 0.00519. The summed E-state index contributed by atoms with van der Waals surface area (Å²) in [7, 11) is 0. The van der Waals surface area contributed by atoms with Crippen LogP contribution in [0.4, 0.5) is 0 Å². The monoisotopic (exact) mass is 295 g/mol. The van der Waals surface area contributed by atoms with Gasteiger partial charge in [0.2, 0.25) is 0 Å². The van der Waals surface area contributed by atoms with E-state index in [1.165, 1.54) is 0 Å². The molecule has 2 aromatic rings. The van der Waals surface area contributed by atoms with Gasteiger partial charge in [0.15, 0.2) is 5.78 Å². The molecule has 2 rings (SSSR count). The van der Waals surface area contributed by atoms with Gasteiger partial charge in [0.05, 0.1) is 10.0 Å². The Labute approximate surface area is 123 Å². The maximum absolute atomic E-state index is 11.9. The molecule has 0 N–H and O–H groups in total. The molecule has 0 spiro atoms. The topological polar surface area (TPSA) is 22.0 Å². The largest absolute Gasteiger partial charge is 0.349 e. The Hall–Kier alpha value is -1.25. The maximum Gasteiger partial charge on any atom is 0.166 e. The smallest absolute Gasteiger partial charge is 0.166 e. The highest BCUT2D eigenvalue weighted by Crippen LogP contribution is 2.26. The van der Waals surface area contributed by atoms with E-state index in [0.29, 0.717) is 16.6 Å². The van der Waals surface area contributed by atoms with Crippen LogP contribution in [0.3, 0.4) is 0 Å². The van der Waals surface area contributed by atoms with Crippen LogP contribution in [0.2, 0.25) is 10.0 Å². The van der Waals surface area contributed by atoms with Gasteiger partial charge in [-0.2, -0.15) is 0 Å². The third kappa shape index (κ3) is 3.20. The number of carbonyl (C=O) groups excluding carboxylic acids is 1. The zero-order valence-electron chi connectivity index (χ0n) is 10.9. The summed E-state index contributed by atoms with van der Waals surface area (Å²) in [5, 5.41) is 1.11. The second kappa shape index (κ2) is 5.81. The number of hydrogen-bond acceptors (Lipinski definition) is 1. The van der Waals surface area contributed by atoms with Gasteiger partial charge < -0.3 is 4.57 Å². The van der Waals surface area contributed by atoms with Crippen LogP contribution in [0.5, 0.6) is 0 Å². The maximum atomic E-state index is 11.9. The molecule has 0 saturated heterocycles. The van der Waals surface area contributed by atoms with Crippen molar-refractivity contribution < 1.29 is 4.79 Å². The summed E-state index contributed by atoms with van der Waals surface area (Å²) in [5.74, 6) is 0.154. The zero-order valence-corrected chi connectivity index (χ0v) is 12.4. The van der Waals surface area contributed by atoms with E-state index in [9.17, 15) is 4.79 Å². The normalized spacial score (nSPS) is 11.0. The molecule has 0 aliphatic heterocycles. The van der Waals surface area contributed by atoms with E-state index in [-0.39, 0.29) is 11.7 Å².